The third-order valence-electron chi connectivity index (χ3n) is 3.84. The standard InChI is InChI=1S/C13H16ClF3N2O2S.ClH/c14-10-5-3-4-9(13(15,16)17)11(10)22(20,21)19-12(8-18)6-1-2-7-12;/h3-5,19H,1-2,6-8,18H2;1H. The summed E-state index contributed by atoms with van der Waals surface area (Å²) >= 11 is 5.74. The van der Waals surface area contributed by atoms with Gasteiger partial charge >= 0.3 is 6.18 Å². The fraction of sp³-hybridized carbons (Fsp3) is 0.538. The number of halogens is 5. The highest BCUT2D eigenvalue weighted by Gasteiger charge is 2.42. The Hall–Kier alpha value is -0.540. The van der Waals surface area contributed by atoms with Crippen molar-refractivity contribution in [2.24, 2.45) is 5.73 Å². The molecule has 0 aliphatic heterocycles. The highest BCUT2D eigenvalue weighted by Crippen LogP contribution is 2.39. The molecule has 10 heteroatoms. The third kappa shape index (κ3) is 4.30. The van der Waals surface area contributed by atoms with Gasteiger partial charge in [-0.2, -0.15) is 13.2 Å². The van der Waals surface area contributed by atoms with Crippen molar-refractivity contribution in [1.82, 2.24) is 4.72 Å². The van der Waals surface area contributed by atoms with Gasteiger partial charge in [0, 0.05) is 12.1 Å². The van der Waals surface area contributed by atoms with Gasteiger partial charge in [0.25, 0.3) is 0 Å². The van der Waals surface area contributed by atoms with Crippen LogP contribution in [0.25, 0.3) is 0 Å². The lowest BCUT2D eigenvalue weighted by Gasteiger charge is -2.29. The summed E-state index contributed by atoms with van der Waals surface area (Å²) in [5.41, 5.74) is 3.45. The van der Waals surface area contributed by atoms with Crippen LogP contribution in [0.5, 0.6) is 0 Å². The molecule has 1 saturated carbocycles. The Morgan fingerprint density at radius 1 is 1.26 bits per heavy atom. The monoisotopic (exact) mass is 392 g/mol. The van der Waals surface area contributed by atoms with Crippen LogP contribution in [-0.2, 0) is 16.2 Å². The Balaban J connectivity index is 0.00000264. The van der Waals surface area contributed by atoms with Gasteiger partial charge in [-0.15, -0.1) is 12.4 Å². The molecular weight excluding hydrogens is 376 g/mol. The highest BCUT2D eigenvalue weighted by molar-refractivity contribution is 7.89. The Morgan fingerprint density at radius 3 is 2.30 bits per heavy atom. The van der Waals surface area contributed by atoms with Gasteiger partial charge in [-0.25, -0.2) is 13.1 Å². The van der Waals surface area contributed by atoms with E-state index in [1.165, 1.54) is 0 Å². The number of rotatable bonds is 4. The fourth-order valence-electron chi connectivity index (χ4n) is 2.74. The zero-order valence-electron chi connectivity index (χ0n) is 12.0. The van der Waals surface area contributed by atoms with Crippen LogP contribution in [0.4, 0.5) is 13.2 Å². The minimum atomic E-state index is -4.82. The van der Waals surface area contributed by atoms with Gasteiger partial charge in [-0.3, -0.25) is 0 Å². The molecule has 1 aromatic rings. The van der Waals surface area contributed by atoms with Gasteiger partial charge in [-0.05, 0) is 25.0 Å². The summed E-state index contributed by atoms with van der Waals surface area (Å²) in [6.07, 6.45) is -2.29. The first-order chi connectivity index (χ1) is 10.1. The maximum atomic E-state index is 13.1. The number of nitrogens with two attached hydrogens (primary N) is 1. The quantitative estimate of drug-likeness (QED) is 0.825. The number of benzene rings is 1. The Labute approximate surface area is 144 Å². The Kier molecular flexibility index (Phi) is 6.37. The predicted molar refractivity (Wildman–Crippen MR) is 84.3 cm³/mol. The van der Waals surface area contributed by atoms with Gasteiger partial charge in [0.15, 0.2) is 0 Å². The lowest BCUT2D eigenvalue weighted by Crippen LogP contribution is -2.51. The van der Waals surface area contributed by atoms with Gasteiger partial charge in [0.05, 0.1) is 10.6 Å². The van der Waals surface area contributed by atoms with E-state index in [-0.39, 0.29) is 19.0 Å². The van der Waals surface area contributed by atoms with Crippen molar-refractivity contribution in [1.29, 1.82) is 0 Å². The van der Waals surface area contributed by atoms with Crippen molar-refractivity contribution in [2.75, 3.05) is 6.54 Å². The summed E-state index contributed by atoms with van der Waals surface area (Å²) < 4.78 is 66.6. The van der Waals surface area contributed by atoms with E-state index in [0.717, 1.165) is 25.0 Å². The van der Waals surface area contributed by atoms with E-state index in [4.69, 9.17) is 17.3 Å². The molecule has 132 valence electrons. The molecule has 0 spiro atoms. The van der Waals surface area contributed by atoms with Crippen molar-refractivity contribution in [3.05, 3.63) is 28.8 Å². The maximum absolute atomic E-state index is 13.1. The zero-order valence-corrected chi connectivity index (χ0v) is 14.4. The summed E-state index contributed by atoms with van der Waals surface area (Å²) in [5, 5.41) is -0.465. The third-order valence-corrected chi connectivity index (χ3v) is 5.95. The van der Waals surface area contributed by atoms with E-state index in [0.29, 0.717) is 18.9 Å². The maximum Gasteiger partial charge on any atom is 0.417 e. The first-order valence-corrected chi connectivity index (χ1v) is 8.57. The number of nitrogens with one attached hydrogen (secondary N) is 1. The van der Waals surface area contributed by atoms with E-state index in [1.54, 1.807) is 0 Å². The summed E-state index contributed by atoms with van der Waals surface area (Å²) in [7, 11) is -4.44. The minimum absolute atomic E-state index is 0. The van der Waals surface area contributed by atoms with Crippen LogP contribution in [0, 0.1) is 0 Å². The summed E-state index contributed by atoms with van der Waals surface area (Å²) in [5.74, 6) is 0. The molecular formula is C13H17Cl2F3N2O2S. The second kappa shape index (κ2) is 7.14. The van der Waals surface area contributed by atoms with Crippen LogP contribution in [0.3, 0.4) is 0 Å². The zero-order chi connectivity index (χ0) is 16.6. The summed E-state index contributed by atoms with van der Waals surface area (Å²) in [4.78, 5) is -0.941. The molecule has 0 unspecified atom stereocenters. The fourth-order valence-corrected chi connectivity index (χ4v) is 4.98. The molecule has 1 aliphatic carbocycles. The largest absolute Gasteiger partial charge is 0.417 e. The van der Waals surface area contributed by atoms with Gasteiger partial charge in [0.2, 0.25) is 10.0 Å². The molecule has 1 aromatic carbocycles. The number of hydrogen-bond acceptors (Lipinski definition) is 3. The number of alkyl halides is 3. The van der Waals surface area contributed by atoms with Crippen molar-refractivity contribution in [3.8, 4) is 0 Å². The smallest absolute Gasteiger partial charge is 0.329 e. The Bertz CT molecular complexity index is 660. The second-order valence-corrected chi connectivity index (χ2v) is 7.44. The van der Waals surface area contributed by atoms with Crippen LogP contribution in [0.15, 0.2) is 23.1 Å². The molecule has 0 saturated heterocycles. The van der Waals surface area contributed by atoms with E-state index in [9.17, 15) is 21.6 Å². The lowest BCUT2D eigenvalue weighted by atomic mass is 10.0. The van der Waals surface area contributed by atoms with Crippen LogP contribution in [0.2, 0.25) is 5.02 Å². The summed E-state index contributed by atoms with van der Waals surface area (Å²) in [6, 6.07) is 2.89. The van der Waals surface area contributed by atoms with E-state index < -0.39 is 37.2 Å². The first kappa shape index (κ1) is 20.5. The molecule has 0 amide bonds. The second-order valence-electron chi connectivity index (χ2n) is 5.41. The molecule has 3 N–H and O–H groups in total. The van der Waals surface area contributed by atoms with Crippen LogP contribution in [0.1, 0.15) is 31.2 Å². The molecule has 0 radical (unpaired) electrons. The predicted octanol–water partition coefficient (Wildman–Crippen LogP) is 3.33. The van der Waals surface area contributed by atoms with Gasteiger partial charge in [-0.1, -0.05) is 30.5 Å². The highest BCUT2D eigenvalue weighted by atomic mass is 35.5. The van der Waals surface area contributed by atoms with Crippen LogP contribution >= 0.6 is 24.0 Å². The molecule has 4 nitrogen and oxygen atoms in total. The molecule has 23 heavy (non-hydrogen) atoms. The SMILES string of the molecule is Cl.NCC1(NS(=O)(=O)c2c(Cl)cccc2C(F)(F)F)CCCC1. The van der Waals surface area contributed by atoms with Crippen LogP contribution in [-0.4, -0.2) is 20.5 Å². The summed E-state index contributed by atoms with van der Waals surface area (Å²) in [6.45, 7) is 0.0258. The molecule has 0 bridgehead atoms. The molecule has 0 atom stereocenters. The minimum Gasteiger partial charge on any atom is -0.329 e. The molecule has 0 aromatic heterocycles. The van der Waals surface area contributed by atoms with E-state index in [1.807, 2.05) is 0 Å². The Morgan fingerprint density at radius 2 is 1.83 bits per heavy atom. The number of sulfonamides is 1. The topological polar surface area (TPSA) is 72.2 Å². The number of hydrogen-bond donors (Lipinski definition) is 2. The van der Waals surface area contributed by atoms with E-state index >= 15 is 0 Å². The first-order valence-electron chi connectivity index (χ1n) is 6.71. The lowest BCUT2D eigenvalue weighted by molar-refractivity contribution is -0.139. The van der Waals surface area contributed by atoms with Crippen molar-refractivity contribution in [3.63, 3.8) is 0 Å². The molecule has 1 fully saturated rings. The van der Waals surface area contributed by atoms with Crippen molar-refractivity contribution >= 4 is 34.0 Å². The average molecular weight is 393 g/mol. The van der Waals surface area contributed by atoms with Gasteiger partial charge < -0.3 is 5.73 Å². The van der Waals surface area contributed by atoms with Gasteiger partial charge in [0.1, 0.15) is 4.90 Å². The van der Waals surface area contributed by atoms with Crippen LogP contribution < -0.4 is 10.5 Å². The average Bonchev–Trinajstić information content (AvgIpc) is 2.85. The van der Waals surface area contributed by atoms with Crippen molar-refractivity contribution < 1.29 is 21.6 Å². The molecule has 2 rings (SSSR count). The molecule has 0 heterocycles. The van der Waals surface area contributed by atoms with Crippen molar-refractivity contribution in [2.45, 2.75) is 42.3 Å². The molecule has 1 aliphatic rings. The normalized spacial score (nSPS) is 17.8. The van der Waals surface area contributed by atoms with E-state index in [2.05, 4.69) is 4.72 Å².